The summed E-state index contributed by atoms with van der Waals surface area (Å²) in [7, 11) is 0. The van der Waals surface area contributed by atoms with Crippen LogP contribution >= 0.6 is 39.1 Å². The SMILES string of the molecule is O=C1[C@H]2[C@H](ON(c3ccccc3)[C@@H]2c2ccc(Cl)cc2Cl)C(=O)N1c1cccc(Br)c1. The largest absolute Gasteiger partial charge is 0.273 e. The third kappa shape index (κ3) is 3.44. The molecule has 2 amide bonds. The Labute approximate surface area is 197 Å². The molecule has 8 heteroatoms. The van der Waals surface area contributed by atoms with Crippen molar-refractivity contribution in [3.05, 3.63) is 92.9 Å². The first kappa shape index (κ1) is 20.5. The smallest absolute Gasteiger partial charge is 0.266 e. The first-order valence-electron chi connectivity index (χ1n) is 9.55. The van der Waals surface area contributed by atoms with Crippen LogP contribution < -0.4 is 9.96 Å². The van der Waals surface area contributed by atoms with E-state index < -0.39 is 24.0 Å². The highest BCUT2D eigenvalue weighted by molar-refractivity contribution is 9.10. The van der Waals surface area contributed by atoms with E-state index in [1.165, 1.54) is 4.90 Å². The van der Waals surface area contributed by atoms with E-state index in [0.717, 1.165) is 10.2 Å². The summed E-state index contributed by atoms with van der Waals surface area (Å²) in [5.74, 6) is -1.49. The van der Waals surface area contributed by atoms with Crippen LogP contribution in [0.4, 0.5) is 11.4 Å². The van der Waals surface area contributed by atoms with Crippen molar-refractivity contribution in [3.63, 3.8) is 0 Å². The number of fused-ring (bicyclic) bond motifs is 1. The number of benzene rings is 3. The fourth-order valence-electron chi connectivity index (χ4n) is 4.14. The number of halogens is 3. The second-order valence-corrected chi connectivity index (χ2v) is 9.07. The standard InChI is InChI=1S/C23H15BrCl2N2O3/c24-13-5-4-8-16(11-13)27-22(29)19-20(17-10-9-14(25)12-18(17)26)28(31-21(19)23(27)30)15-6-2-1-3-7-15/h1-12,19-21H/t19-,20-,21+/m1/s1. The zero-order valence-electron chi connectivity index (χ0n) is 15.9. The molecule has 0 N–H and O–H groups in total. The van der Waals surface area contributed by atoms with E-state index in [-0.39, 0.29) is 5.91 Å². The van der Waals surface area contributed by atoms with Crippen LogP contribution in [0.3, 0.4) is 0 Å². The molecule has 3 atom stereocenters. The molecule has 0 unspecified atom stereocenters. The maximum Gasteiger partial charge on any atom is 0.266 e. The Morgan fingerprint density at radius 2 is 1.58 bits per heavy atom. The molecule has 2 heterocycles. The quantitative estimate of drug-likeness (QED) is 0.411. The molecule has 0 aromatic heterocycles. The molecule has 0 saturated carbocycles. The summed E-state index contributed by atoms with van der Waals surface area (Å²) in [5, 5.41) is 2.50. The highest BCUT2D eigenvalue weighted by atomic mass is 79.9. The lowest BCUT2D eigenvalue weighted by atomic mass is 9.90. The maximum atomic E-state index is 13.6. The van der Waals surface area contributed by atoms with E-state index in [1.54, 1.807) is 41.5 Å². The van der Waals surface area contributed by atoms with Gasteiger partial charge in [-0.1, -0.05) is 69.5 Å². The predicted molar refractivity (Wildman–Crippen MR) is 123 cm³/mol. The van der Waals surface area contributed by atoms with Crippen molar-refractivity contribution in [1.82, 2.24) is 0 Å². The van der Waals surface area contributed by atoms with Gasteiger partial charge < -0.3 is 0 Å². The van der Waals surface area contributed by atoms with Crippen LogP contribution in [0.25, 0.3) is 0 Å². The van der Waals surface area contributed by atoms with Gasteiger partial charge >= 0.3 is 0 Å². The summed E-state index contributed by atoms with van der Waals surface area (Å²) in [4.78, 5) is 34.1. The van der Waals surface area contributed by atoms with Gasteiger partial charge in [-0.15, -0.1) is 0 Å². The molecule has 5 rings (SSSR count). The molecule has 31 heavy (non-hydrogen) atoms. The van der Waals surface area contributed by atoms with E-state index in [2.05, 4.69) is 15.9 Å². The number of hydroxylamine groups is 1. The lowest BCUT2D eigenvalue weighted by Gasteiger charge is -2.29. The summed E-state index contributed by atoms with van der Waals surface area (Å²) >= 11 is 16.0. The summed E-state index contributed by atoms with van der Waals surface area (Å²) in [6.07, 6.45) is -0.955. The Hall–Kier alpha value is -2.38. The van der Waals surface area contributed by atoms with Gasteiger partial charge in [-0.3, -0.25) is 14.4 Å². The zero-order valence-corrected chi connectivity index (χ0v) is 19.0. The highest BCUT2D eigenvalue weighted by Crippen LogP contribution is 2.49. The summed E-state index contributed by atoms with van der Waals surface area (Å²) < 4.78 is 0.770. The maximum absolute atomic E-state index is 13.6. The second-order valence-electron chi connectivity index (χ2n) is 7.32. The third-order valence-corrected chi connectivity index (χ3v) is 6.53. The molecule has 2 aliphatic heterocycles. The lowest BCUT2D eigenvalue weighted by molar-refractivity contribution is -0.126. The molecular formula is C23H15BrCl2N2O3. The average molecular weight is 518 g/mol. The van der Waals surface area contributed by atoms with Gasteiger partial charge in [-0.05, 0) is 48.0 Å². The van der Waals surface area contributed by atoms with Crippen LogP contribution in [0.2, 0.25) is 10.0 Å². The lowest BCUT2D eigenvalue weighted by Crippen LogP contribution is -2.37. The van der Waals surface area contributed by atoms with E-state index in [0.29, 0.717) is 21.3 Å². The number of hydrogen-bond acceptors (Lipinski definition) is 4. The van der Waals surface area contributed by atoms with E-state index in [4.69, 9.17) is 28.0 Å². The molecule has 2 fully saturated rings. The van der Waals surface area contributed by atoms with Gasteiger partial charge in [0.1, 0.15) is 5.92 Å². The predicted octanol–water partition coefficient (Wildman–Crippen LogP) is 5.81. The number of carbonyl (C=O) groups is 2. The van der Waals surface area contributed by atoms with Crippen molar-refractivity contribution in [2.24, 2.45) is 5.92 Å². The van der Waals surface area contributed by atoms with Gasteiger partial charge in [0.05, 0.1) is 17.4 Å². The first-order valence-corrected chi connectivity index (χ1v) is 11.1. The number of anilines is 2. The van der Waals surface area contributed by atoms with Gasteiger partial charge in [0, 0.05) is 14.5 Å². The number of para-hydroxylation sites is 1. The van der Waals surface area contributed by atoms with Crippen LogP contribution in [-0.2, 0) is 14.4 Å². The van der Waals surface area contributed by atoms with Gasteiger partial charge in [0.15, 0.2) is 6.10 Å². The zero-order chi connectivity index (χ0) is 21.7. The minimum atomic E-state index is -0.955. The summed E-state index contributed by atoms with van der Waals surface area (Å²) in [6, 6.07) is 20.9. The van der Waals surface area contributed by atoms with E-state index in [1.807, 2.05) is 36.4 Å². The molecule has 0 spiro atoms. The van der Waals surface area contributed by atoms with Crippen LogP contribution in [0.15, 0.2) is 77.3 Å². The molecule has 5 nitrogen and oxygen atoms in total. The summed E-state index contributed by atoms with van der Waals surface area (Å²) in [6.45, 7) is 0. The Morgan fingerprint density at radius 3 is 2.29 bits per heavy atom. The number of hydrogen-bond donors (Lipinski definition) is 0. The number of carbonyl (C=O) groups excluding carboxylic acids is 2. The van der Waals surface area contributed by atoms with E-state index >= 15 is 0 Å². The minimum Gasteiger partial charge on any atom is -0.273 e. The van der Waals surface area contributed by atoms with Crippen LogP contribution in [0.1, 0.15) is 11.6 Å². The molecule has 3 aromatic rings. The topological polar surface area (TPSA) is 49.9 Å². The highest BCUT2D eigenvalue weighted by Gasteiger charge is 2.60. The Balaban J connectivity index is 1.62. The van der Waals surface area contributed by atoms with Crippen LogP contribution in [-0.4, -0.2) is 17.9 Å². The van der Waals surface area contributed by atoms with Gasteiger partial charge in [0.25, 0.3) is 5.91 Å². The van der Waals surface area contributed by atoms with Gasteiger partial charge in [-0.2, -0.15) is 0 Å². The molecule has 2 aliphatic rings. The Morgan fingerprint density at radius 1 is 0.839 bits per heavy atom. The molecule has 2 saturated heterocycles. The molecular weight excluding hydrogens is 503 g/mol. The Kier molecular flexibility index (Phi) is 5.26. The number of rotatable bonds is 3. The Bertz CT molecular complexity index is 1190. The monoisotopic (exact) mass is 516 g/mol. The first-order chi connectivity index (χ1) is 15.0. The second kappa shape index (κ2) is 7.95. The van der Waals surface area contributed by atoms with E-state index in [9.17, 15) is 9.59 Å². The van der Waals surface area contributed by atoms with Crippen molar-refractivity contribution in [2.45, 2.75) is 12.1 Å². The third-order valence-electron chi connectivity index (χ3n) is 5.47. The van der Waals surface area contributed by atoms with Crippen molar-refractivity contribution in [1.29, 1.82) is 0 Å². The van der Waals surface area contributed by atoms with Crippen LogP contribution in [0.5, 0.6) is 0 Å². The molecule has 156 valence electrons. The molecule has 0 radical (unpaired) electrons. The normalized spacial score (nSPS) is 22.9. The molecule has 0 bridgehead atoms. The van der Waals surface area contributed by atoms with Crippen LogP contribution in [0, 0.1) is 5.92 Å². The fraction of sp³-hybridized carbons (Fsp3) is 0.130. The minimum absolute atomic E-state index is 0.331. The number of imide groups is 1. The van der Waals surface area contributed by atoms with Gasteiger partial charge in [0.2, 0.25) is 5.91 Å². The van der Waals surface area contributed by atoms with Crippen molar-refractivity contribution in [3.8, 4) is 0 Å². The summed E-state index contributed by atoms with van der Waals surface area (Å²) in [5.41, 5.74) is 1.89. The molecule has 3 aromatic carbocycles. The van der Waals surface area contributed by atoms with Crippen molar-refractivity contribution < 1.29 is 14.4 Å². The van der Waals surface area contributed by atoms with Crippen molar-refractivity contribution in [2.75, 3.05) is 9.96 Å². The van der Waals surface area contributed by atoms with Crippen molar-refractivity contribution >= 4 is 62.3 Å². The average Bonchev–Trinajstić information content (AvgIpc) is 3.25. The number of amides is 2. The fourth-order valence-corrected chi connectivity index (χ4v) is 5.05. The molecule has 0 aliphatic carbocycles. The van der Waals surface area contributed by atoms with Gasteiger partial charge in [-0.25, -0.2) is 9.96 Å². The number of nitrogens with zero attached hydrogens (tertiary/aromatic N) is 2.